The van der Waals surface area contributed by atoms with E-state index in [0.29, 0.717) is 29.6 Å². The van der Waals surface area contributed by atoms with Crippen molar-refractivity contribution in [1.82, 2.24) is 10.0 Å². The standard InChI is InChI=1S/C14H22Cl2N2O2S/c1-10(2)17-9-11(3)21(19,20)18-7-6-12-4-5-13(15)8-14(12)16/h4-5,8,10-11,17-18H,6-7,9H2,1-3H3. The molecule has 0 aliphatic rings. The van der Waals surface area contributed by atoms with Crippen LogP contribution in [-0.4, -0.2) is 32.8 Å². The fraction of sp³-hybridized carbons (Fsp3) is 0.571. The molecule has 0 aliphatic heterocycles. The van der Waals surface area contributed by atoms with Gasteiger partial charge >= 0.3 is 0 Å². The highest BCUT2D eigenvalue weighted by molar-refractivity contribution is 7.90. The van der Waals surface area contributed by atoms with Crippen molar-refractivity contribution in [2.75, 3.05) is 13.1 Å². The molecule has 0 amide bonds. The van der Waals surface area contributed by atoms with Gasteiger partial charge in [-0.3, -0.25) is 0 Å². The summed E-state index contributed by atoms with van der Waals surface area (Å²) in [4.78, 5) is 0. The van der Waals surface area contributed by atoms with Gasteiger partial charge in [-0.1, -0.05) is 43.1 Å². The summed E-state index contributed by atoms with van der Waals surface area (Å²) in [6.45, 7) is 6.39. The maximum absolute atomic E-state index is 12.1. The second-order valence-electron chi connectivity index (χ2n) is 5.30. The van der Waals surface area contributed by atoms with E-state index in [-0.39, 0.29) is 6.04 Å². The summed E-state index contributed by atoms with van der Waals surface area (Å²) in [5.41, 5.74) is 0.872. The molecule has 0 spiro atoms. The molecule has 120 valence electrons. The molecule has 7 heteroatoms. The van der Waals surface area contributed by atoms with E-state index >= 15 is 0 Å². The number of halogens is 2. The fourth-order valence-electron chi connectivity index (χ4n) is 1.71. The summed E-state index contributed by atoms with van der Waals surface area (Å²) >= 11 is 11.9. The van der Waals surface area contributed by atoms with Gasteiger partial charge in [0.1, 0.15) is 0 Å². The third kappa shape index (κ3) is 6.53. The van der Waals surface area contributed by atoms with Crippen molar-refractivity contribution in [3.8, 4) is 0 Å². The quantitative estimate of drug-likeness (QED) is 0.756. The number of hydrogen-bond donors (Lipinski definition) is 2. The molecule has 1 unspecified atom stereocenters. The van der Waals surface area contributed by atoms with Crippen LogP contribution < -0.4 is 10.0 Å². The Morgan fingerprint density at radius 2 is 1.86 bits per heavy atom. The molecular formula is C14H22Cl2N2O2S. The number of nitrogens with one attached hydrogen (secondary N) is 2. The van der Waals surface area contributed by atoms with Gasteiger partial charge < -0.3 is 5.32 Å². The molecule has 1 rings (SSSR count). The third-order valence-electron chi connectivity index (χ3n) is 3.06. The monoisotopic (exact) mass is 352 g/mol. The largest absolute Gasteiger partial charge is 0.313 e. The Balaban J connectivity index is 2.50. The van der Waals surface area contributed by atoms with E-state index in [9.17, 15) is 8.42 Å². The van der Waals surface area contributed by atoms with Crippen LogP contribution in [0.5, 0.6) is 0 Å². The van der Waals surface area contributed by atoms with Crippen molar-refractivity contribution >= 4 is 33.2 Å². The molecular weight excluding hydrogens is 331 g/mol. The molecule has 0 radical (unpaired) electrons. The van der Waals surface area contributed by atoms with Crippen LogP contribution in [0.1, 0.15) is 26.3 Å². The molecule has 0 saturated carbocycles. The molecule has 0 fully saturated rings. The normalized spacial score (nSPS) is 13.6. The van der Waals surface area contributed by atoms with Crippen molar-refractivity contribution in [3.63, 3.8) is 0 Å². The van der Waals surface area contributed by atoms with Crippen LogP contribution in [-0.2, 0) is 16.4 Å². The molecule has 1 atom stereocenters. The number of sulfonamides is 1. The van der Waals surface area contributed by atoms with Crippen LogP contribution in [0.15, 0.2) is 18.2 Å². The zero-order valence-corrected chi connectivity index (χ0v) is 14.8. The van der Waals surface area contributed by atoms with Crippen molar-refractivity contribution in [3.05, 3.63) is 33.8 Å². The Bertz CT molecular complexity index is 562. The Kier molecular flexibility index (Phi) is 7.44. The molecule has 1 aromatic rings. The minimum Gasteiger partial charge on any atom is -0.313 e. The first kappa shape index (κ1) is 18.7. The first-order valence-corrected chi connectivity index (χ1v) is 9.18. The first-order chi connectivity index (χ1) is 9.72. The number of rotatable bonds is 8. The Morgan fingerprint density at radius 3 is 2.43 bits per heavy atom. The summed E-state index contributed by atoms with van der Waals surface area (Å²) in [5.74, 6) is 0. The third-order valence-corrected chi connectivity index (χ3v) is 5.48. The summed E-state index contributed by atoms with van der Waals surface area (Å²) in [6, 6.07) is 5.47. The lowest BCUT2D eigenvalue weighted by Gasteiger charge is -2.16. The van der Waals surface area contributed by atoms with E-state index in [2.05, 4.69) is 10.0 Å². The predicted octanol–water partition coefficient (Wildman–Crippen LogP) is 2.84. The van der Waals surface area contributed by atoms with Gasteiger partial charge in [0, 0.05) is 29.2 Å². The van der Waals surface area contributed by atoms with Crippen LogP contribution in [0.2, 0.25) is 10.0 Å². The maximum atomic E-state index is 12.1. The topological polar surface area (TPSA) is 58.2 Å². The highest BCUT2D eigenvalue weighted by Crippen LogP contribution is 2.21. The van der Waals surface area contributed by atoms with E-state index in [0.717, 1.165) is 5.56 Å². The average molecular weight is 353 g/mol. The molecule has 0 bridgehead atoms. The smallest absolute Gasteiger partial charge is 0.215 e. The minimum absolute atomic E-state index is 0.260. The first-order valence-electron chi connectivity index (χ1n) is 6.88. The maximum Gasteiger partial charge on any atom is 0.215 e. The van der Waals surface area contributed by atoms with E-state index in [4.69, 9.17) is 23.2 Å². The lowest BCUT2D eigenvalue weighted by molar-refractivity contribution is 0.541. The molecule has 0 saturated heterocycles. The molecule has 21 heavy (non-hydrogen) atoms. The van der Waals surface area contributed by atoms with E-state index < -0.39 is 15.3 Å². The van der Waals surface area contributed by atoms with Gasteiger partial charge in [0.15, 0.2) is 0 Å². The average Bonchev–Trinajstić information content (AvgIpc) is 2.38. The Morgan fingerprint density at radius 1 is 1.19 bits per heavy atom. The molecule has 0 aliphatic carbocycles. The van der Waals surface area contributed by atoms with Crippen LogP contribution >= 0.6 is 23.2 Å². The highest BCUT2D eigenvalue weighted by Gasteiger charge is 2.20. The fourth-order valence-corrected chi connectivity index (χ4v) is 3.20. The van der Waals surface area contributed by atoms with Crippen molar-refractivity contribution in [1.29, 1.82) is 0 Å². The highest BCUT2D eigenvalue weighted by atomic mass is 35.5. The predicted molar refractivity (Wildman–Crippen MR) is 89.7 cm³/mol. The summed E-state index contributed by atoms with van der Waals surface area (Å²) in [5, 5.41) is 3.75. The minimum atomic E-state index is -3.33. The summed E-state index contributed by atoms with van der Waals surface area (Å²) < 4.78 is 26.7. The lowest BCUT2D eigenvalue weighted by Crippen LogP contribution is -2.41. The van der Waals surface area contributed by atoms with E-state index in [1.165, 1.54) is 0 Å². The molecule has 2 N–H and O–H groups in total. The van der Waals surface area contributed by atoms with Crippen molar-refractivity contribution in [2.24, 2.45) is 0 Å². The molecule has 0 heterocycles. The summed E-state index contributed by atoms with van der Waals surface area (Å²) in [6.07, 6.45) is 0.527. The second kappa shape index (κ2) is 8.34. The second-order valence-corrected chi connectivity index (χ2v) is 8.33. The van der Waals surface area contributed by atoms with E-state index in [1.807, 2.05) is 19.9 Å². The van der Waals surface area contributed by atoms with Crippen molar-refractivity contribution < 1.29 is 8.42 Å². The van der Waals surface area contributed by atoms with E-state index in [1.54, 1.807) is 19.1 Å². The Labute approximate surface area is 137 Å². The van der Waals surface area contributed by atoms with Gasteiger partial charge in [0.2, 0.25) is 10.0 Å². The lowest BCUT2D eigenvalue weighted by atomic mass is 10.1. The molecule has 1 aromatic carbocycles. The van der Waals surface area contributed by atoms with Crippen LogP contribution in [0.4, 0.5) is 0 Å². The van der Waals surface area contributed by atoms with Gasteiger partial charge in [-0.05, 0) is 31.0 Å². The van der Waals surface area contributed by atoms with Crippen LogP contribution in [0, 0.1) is 0 Å². The molecule has 4 nitrogen and oxygen atoms in total. The summed E-state index contributed by atoms with van der Waals surface area (Å²) in [7, 11) is -3.33. The Hall–Kier alpha value is -0.330. The van der Waals surface area contributed by atoms with Gasteiger partial charge in [-0.15, -0.1) is 0 Å². The van der Waals surface area contributed by atoms with Gasteiger partial charge in [-0.25, -0.2) is 13.1 Å². The van der Waals surface area contributed by atoms with Crippen molar-refractivity contribution in [2.45, 2.75) is 38.5 Å². The number of hydrogen-bond acceptors (Lipinski definition) is 3. The van der Waals surface area contributed by atoms with Crippen LogP contribution in [0.3, 0.4) is 0 Å². The zero-order chi connectivity index (χ0) is 16.0. The number of benzene rings is 1. The zero-order valence-electron chi connectivity index (χ0n) is 12.5. The molecule has 0 aromatic heterocycles. The SMILES string of the molecule is CC(C)NCC(C)S(=O)(=O)NCCc1ccc(Cl)cc1Cl. The van der Waals surface area contributed by atoms with Gasteiger partial charge in [-0.2, -0.15) is 0 Å². The van der Waals surface area contributed by atoms with Crippen LogP contribution in [0.25, 0.3) is 0 Å². The van der Waals surface area contributed by atoms with Gasteiger partial charge in [0.25, 0.3) is 0 Å². The van der Waals surface area contributed by atoms with Gasteiger partial charge in [0.05, 0.1) is 5.25 Å².